The number of hydrogen-bond acceptors (Lipinski definition) is 0. The monoisotopic (exact) mass is 225 g/mol. The first-order valence-corrected chi connectivity index (χ1v) is 3.82. The first-order chi connectivity index (χ1) is 6.00. The van der Waals surface area contributed by atoms with Crippen molar-refractivity contribution in [2.24, 2.45) is 0 Å². The fraction of sp³-hybridized carbons (Fsp3) is 0. The minimum absolute atomic E-state index is 0. The maximum atomic E-state index is 2.89. The third kappa shape index (κ3) is 9.75. The van der Waals surface area contributed by atoms with Crippen LogP contribution in [0.15, 0.2) is 60.7 Å². The Balaban J connectivity index is 0. The van der Waals surface area contributed by atoms with Gasteiger partial charge in [0, 0.05) is 18.9 Å². The van der Waals surface area contributed by atoms with Crippen molar-refractivity contribution in [1.29, 1.82) is 0 Å². The Morgan fingerprint density at radius 1 is 0.500 bits per heavy atom. The van der Waals surface area contributed by atoms with E-state index in [1.807, 2.05) is 60.7 Å². The third-order valence-corrected chi connectivity index (χ3v) is 1.21. The van der Waals surface area contributed by atoms with Crippen LogP contribution in [-0.2, 0) is 19.5 Å². The van der Waals surface area contributed by atoms with E-state index in [-0.39, 0.29) is 38.3 Å². The van der Waals surface area contributed by atoms with Crippen LogP contribution in [0.5, 0.6) is 0 Å². The molecule has 2 rings (SSSR count). The summed E-state index contributed by atoms with van der Waals surface area (Å²) in [7, 11) is 0. The van der Waals surface area contributed by atoms with Gasteiger partial charge in [-0.05, 0) is 0 Å². The first-order valence-electron chi connectivity index (χ1n) is 3.82. The molecule has 0 aliphatic carbocycles. The molecule has 0 aliphatic rings. The SMILES string of the molecule is [Li].[Zn+2].[c-]1ccccc1.[c-]1ccccc1. The van der Waals surface area contributed by atoms with Gasteiger partial charge in [0.1, 0.15) is 0 Å². The molecule has 0 N–H and O–H groups in total. The first kappa shape index (κ1) is 16.1. The molecular formula is C12H10LiZn. The largest absolute Gasteiger partial charge is 2.00 e. The molecule has 2 aromatic carbocycles. The number of rotatable bonds is 0. The molecule has 2 heteroatoms. The maximum absolute atomic E-state index is 2.89. The van der Waals surface area contributed by atoms with E-state index < -0.39 is 0 Å². The standard InChI is InChI=1S/2C6H5.Li.Zn/c2*1-2-4-6-5-3-1;;/h2*1-5H;;/q2*-1;;+2. The minimum Gasteiger partial charge on any atom is -0.184 e. The van der Waals surface area contributed by atoms with Crippen molar-refractivity contribution in [2.75, 3.05) is 0 Å². The molecular weight excluding hydrogens is 216 g/mol. The Hall–Kier alpha value is -0.339. The van der Waals surface area contributed by atoms with Gasteiger partial charge in [-0.3, -0.25) is 0 Å². The van der Waals surface area contributed by atoms with Crippen molar-refractivity contribution >= 4 is 18.9 Å². The van der Waals surface area contributed by atoms with Crippen molar-refractivity contribution in [1.82, 2.24) is 0 Å². The van der Waals surface area contributed by atoms with E-state index >= 15 is 0 Å². The van der Waals surface area contributed by atoms with Gasteiger partial charge in [-0.2, -0.15) is 72.8 Å². The summed E-state index contributed by atoms with van der Waals surface area (Å²) in [5.74, 6) is 0. The Kier molecular flexibility index (Phi) is 14.6. The van der Waals surface area contributed by atoms with Crippen molar-refractivity contribution < 1.29 is 19.5 Å². The predicted octanol–water partition coefficient (Wildman–Crippen LogP) is 2.59. The molecule has 0 nitrogen and oxygen atoms in total. The fourth-order valence-electron chi connectivity index (χ4n) is 0.684. The molecule has 0 fully saturated rings. The Bertz CT molecular complexity index is 186. The fourth-order valence-corrected chi connectivity index (χ4v) is 0.684. The summed E-state index contributed by atoms with van der Waals surface area (Å²) in [6.45, 7) is 0. The Morgan fingerprint density at radius 3 is 0.857 bits per heavy atom. The van der Waals surface area contributed by atoms with E-state index in [4.69, 9.17) is 0 Å². The molecule has 0 atom stereocenters. The average molecular weight is 227 g/mol. The predicted molar refractivity (Wildman–Crippen MR) is 56.3 cm³/mol. The zero-order valence-corrected chi connectivity index (χ0v) is 11.4. The molecule has 0 aromatic heterocycles. The van der Waals surface area contributed by atoms with Crippen LogP contribution in [-0.4, -0.2) is 18.9 Å². The van der Waals surface area contributed by atoms with E-state index in [1.165, 1.54) is 0 Å². The molecule has 0 unspecified atom stereocenters. The molecule has 61 valence electrons. The zero-order chi connectivity index (χ0) is 8.49. The van der Waals surface area contributed by atoms with Gasteiger partial charge in [-0.15, -0.1) is 0 Å². The van der Waals surface area contributed by atoms with Gasteiger partial charge in [0.2, 0.25) is 0 Å². The zero-order valence-electron chi connectivity index (χ0n) is 8.48. The van der Waals surface area contributed by atoms with Crippen molar-refractivity contribution in [3.8, 4) is 0 Å². The smallest absolute Gasteiger partial charge is 0.184 e. The molecule has 0 heterocycles. The van der Waals surface area contributed by atoms with E-state index in [2.05, 4.69) is 12.1 Å². The second-order valence-corrected chi connectivity index (χ2v) is 2.15. The average Bonchev–Trinajstić information content (AvgIpc) is 2.24. The summed E-state index contributed by atoms with van der Waals surface area (Å²) in [6, 6.07) is 25.0. The van der Waals surface area contributed by atoms with Crippen LogP contribution in [0.25, 0.3) is 0 Å². The molecule has 2 aromatic rings. The van der Waals surface area contributed by atoms with Gasteiger partial charge >= 0.3 is 19.5 Å². The van der Waals surface area contributed by atoms with E-state index in [0.29, 0.717) is 0 Å². The van der Waals surface area contributed by atoms with E-state index in [0.717, 1.165) is 0 Å². The van der Waals surface area contributed by atoms with Crippen molar-refractivity contribution in [3.05, 3.63) is 72.8 Å². The maximum Gasteiger partial charge on any atom is 2.00 e. The van der Waals surface area contributed by atoms with Gasteiger partial charge < -0.3 is 0 Å². The molecule has 0 aliphatic heterocycles. The van der Waals surface area contributed by atoms with Gasteiger partial charge in [0.15, 0.2) is 0 Å². The molecule has 0 saturated carbocycles. The minimum atomic E-state index is 0. The summed E-state index contributed by atoms with van der Waals surface area (Å²) in [4.78, 5) is 0. The quantitative estimate of drug-likeness (QED) is 0.478. The summed E-state index contributed by atoms with van der Waals surface area (Å²) in [5.41, 5.74) is 0. The van der Waals surface area contributed by atoms with E-state index in [1.54, 1.807) is 0 Å². The molecule has 14 heavy (non-hydrogen) atoms. The third-order valence-electron chi connectivity index (χ3n) is 1.21. The topological polar surface area (TPSA) is 0 Å². The van der Waals surface area contributed by atoms with Crippen LogP contribution < -0.4 is 0 Å². The van der Waals surface area contributed by atoms with Gasteiger partial charge in [0.25, 0.3) is 0 Å². The molecule has 1 radical (unpaired) electrons. The van der Waals surface area contributed by atoms with Crippen LogP contribution in [0.1, 0.15) is 0 Å². The Morgan fingerprint density at radius 2 is 0.786 bits per heavy atom. The molecule has 0 saturated heterocycles. The second-order valence-electron chi connectivity index (χ2n) is 2.15. The molecule has 0 bridgehead atoms. The molecule has 0 amide bonds. The number of hydrogen-bond donors (Lipinski definition) is 0. The summed E-state index contributed by atoms with van der Waals surface area (Å²) in [5, 5.41) is 0. The summed E-state index contributed by atoms with van der Waals surface area (Å²) in [6.07, 6.45) is 0. The summed E-state index contributed by atoms with van der Waals surface area (Å²) < 4.78 is 0. The van der Waals surface area contributed by atoms with Gasteiger partial charge in [-0.1, -0.05) is 0 Å². The van der Waals surface area contributed by atoms with Gasteiger partial charge in [0.05, 0.1) is 0 Å². The van der Waals surface area contributed by atoms with Crippen LogP contribution in [0, 0.1) is 12.1 Å². The van der Waals surface area contributed by atoms with Crippen LogP contribution in [0.3, 0.4) is 0 Å². The van der Waals surface area contributed by atoms with Crippen LogP contribution in [0.4, 0.5) is 0 Å². The van der Waals surface area contributed by atoms with Crippen molar-refractivity contribution in [2.45, 2.75) is 0 Å². The second kappa shape index (κ2) is 12.7. The Labute approximate surface area is 111 Å². The van der Waals surface area contributed by atoms with Crippen LogP contribution >= 0.6 is 0 Å². The van der Waals surface area contributed by atoms with E-state index in [9.17, 15) is 0 Å². The van der Waals surface area contributed by atoms with Crippen LogP contribution in [0.2, 0.25) is 0 Å². The van der Waals surface area contributed by atoms with Crippen molar-refractivity contribution in [3.63, 3.8) is 0 Å². The van der Waals surface area contributed by atoms with Gasteiger partial charge in [-0.25, -0.2) is 0 Å². The molecule has 0 spiro atoms. The summed E-state index contributed by atoms with van der Waals surface area (Å²) >= 11 is 0. The normalized spacial score (nSPS) is 6.86. The number of benzene rings is 2.